The molecule has 1 aliphatic rings. The van der Waals surface area contributed by atoms with Gasteiger partial charge in [-0.05, 0) is 36.3 Å². The third kappa shape index (κ3) is 5.45. The first-order valence-corrected chi connectivity index (χ1v) is 10.5. The fourth-order valence-electron chi connectivity index (χ4n) is 3.81. The number of alkyl carbamates (subject to hydrolysis) is 1. The molecule has 0 saturated heterocycles. The van der Waals surface area contributed by atoms with E-state index >= 15 is 0 Å². The Bertz CT molecular complexity index is 946. The standard InChI is InChI=1S/C24H29N3O5/c1-15(23(29)30)12-25-22(28)21(13-27(2)3)26-24(31)32-14-20-18-10-6-4-8-16(18)17-9-5-7-11-19(17)20/h4-11,15,20-21H,12-14H2,1-3H3,(H,25,28)(H,26,31)(H,29,30)/t15?,21-/m0/s1. The lowest BCUT2D eigenvalue weighted by molar-refractivity contribution is -0.141. The van der Waals surface area contributed by atoms with Crippen LogP contribution in [0, 0.1) is 5.92 Å². The van der Waals surface area contributed by atoms with Gasteiger partial charge in [0.1, 0.15) is 12.6 Å². The molecule has 8 heteroatoms. The van der Waals surface area contributed by atoms with E-state index in [0.29, 0.717) is 0 Å². The topological polar surface area (TPSA) is 108 Å². The summed E-state index contributed by atoms with van der Waals surface area (Å²) >= 11 is 0. The van der Waals surface area contributed by atoms with Crippen molar-refractivity contribution in [2.75, 3.05) is 33.8 Å². The Kier molecular flexibility index (Phi) is 7.48. The molecule has 0 heterocycles. The Labute approximate surface area is 187 Å². The molecule has 8 nitrogen and oxygen atoms in total. The number of nitrogens with zero attached hydrogens (tertiary/aromatic N) is 1. The van der Waals surface area contributed by atoms with Crippen LogP contribution >= 0.6 is 0 Å². The van der Waals surface area contributed by atoms with Crippen molar-refractivity contribution in [1.29, 1.82) is 0 Å². The van der Waals surface area contributed by atoms with Crippen LogP contribution in [0.5, 0.6) is 0 Å². The number of carboxylic acids is 1. The predicted molar refractivity (Wildman–Crippen MR) is 120 cm³/mol. The van der Waals surface area contributed by atoms with Gasteiger partial charge in [0.15, 0.2) is 0 Å². The second-order valence-electron chi connectivity index (χ2n) is 8.27. The van der Waals surface area contributed by atoms with Crippen molar-refractivity contribution >= 4 is 18.0 Å². The van der Waals surface area contributed by atoms with E-state index in [4.69, 9.17) is 9.84 Å². The van der Waals surface area contributed by atoms with Gasteiger partial charge in [0.25, 0.3) is 0 Å². The van der Waals surface area contributed by atoms with Gasteiger partial charge in [-0.3, -0.25) is 9.59 Å². The minimum atomic E-state index is -1.00. The lowest BCUT2D eigenvalue weighted by Gasteiger charge is -2.22. The molecule has 0 aromatic heterocycles. The maximum Gasteiger partial charge on any atom is 0.407 e. The summed E-state index contributed by atoms with van der Waals surface area (Å²) in [5, 5.41) is 14.2. The van der Waals surface area contributed by atoms with Gasteiger partial charge in [-0.25, -0.2) is 4.79 Å². The van der Waals surface area contributed by atoms with Crippen molar-refractivity contribution in [3.63, 3.8) is 0 Å². The Balaban J connectivity index is 1.63. The summed E-state index contributed by atoms with van der Waals surface area (Å²) in [5.74, 6) is -2.27. The Morgan fingerprint density at radius 2 is 1.59 bits per heavy atom. The number of rotatable bonds is 9. The first-order valence-electron chi connectivity index (χ1n) is 10.5. The second-order valence-corrected chi connectivity index (χ2v) is 8.27. The molecule has 1 aliphatic carbocycles. The third-order valence-electron chi connectivity index (χ3n) is 5.50. The zero-order valence-corrected chi connectivity index (χ0v) is 18.5. The van der Waals surface area contributed by atoms with Crippen LogP contribution in [0.15, 0.2) is 48.5 Å². The van der Waals surface area contributed by atoms with Gasteiger partial charge in [0, 0.05) is 19.0 Å². The number of carboxylic acid groups (broad SMARTS) is 1. The summed E-state index contributed by atoms with van der Waals surface area (Å²) < 4.78 is 5.52. The first-order chi connectivity index (χ1) is 15.3. The van der Waals surface area contributed by atoms with Gasteiger partial charge in [-0.1, -0.05) is 55.5 Å². The molecular weight excluding hydrogens is 410 g/mol. The average Bonchev–Trinajstić information content (AvgIpc) is 3.08. The summed E-state index contributed by atoms with van der Waals surface area (Å²) in [6.07, 6.45) is -0.694. The maximum atomic E-state index is 12.5. The number of nitrogens with one attached hydrogen (secondary N) is 2. The quantitative estimate of drug-likeness (QED) is 0.553. The van der Waals surface area contributed by atoms with Crippen LogP contribution in [0.4, 0.5) is 4.79 Å². The molecule has 32 heavy (non-hydrogen) atoms. The molecule has 0 saturated carbocycles. The van der Waals surface area contributed by atoms with Gasteiger partial charge >= 0.3 is 12.1 Å². The van der Waals surface area contributed by atoms with Crippen molar-refractivity contribution in [2.24, 2.45) is 5.92 Å². The minimum Gasteiger partial charge on any atom is -0.481 e. The summed E-state index contributed by atoms with van der Waals surface area (Å²) in [7, 11) is 3.55. The molecule has 0 bridgehead atoms. The van der Waals surface area contributed by atoms with E-state index in [1.165, 1.54) is 6.92 Å². The number of benzene rings is 2. The van der Waals surface area contributed by atoms with Crippen molar-refractivity contribution < 1.29 is 24.2 Å². The Hall–Kier alpha value is -3.39. The molecule has 0 radical (unpaired) electrons. The smallest absolute Gasteiger partial charge is 0.407 e. The van der Waals surface area contributed by atoms with E-state index in [1.54, 1.807) is 19.0 Å². The Morgan fingerprint density at radius 3 is 2.12 bits per heavy atom. The molecule has 2 atom stereocenters. The van der Waals surface area contributed by atoms with Crippen LogP contribution in [-0.4, -0.2) is 67.8 Å². The molecule has 0 fully saturated rings. The lowest BCUT2D eigenvalue weighted by atomic mass is 9.98. The highest BCUT2D eigenvalue weighted by Crippen LogP contribution is 2.44. The molecular formula is C24H29N3O5. The lowest BCUT2D eigenvalue weighted by Crippen LogP contribution is -2.52. The number of ether oxygens (including phenoxy) is 1. The third-order valence-corrected chi connectivity index (χ3v) is 5.50. The first kappa shape index (κ1) is 23.3. The summed E-state index contributed by atoms with van der Waals surface area (Å²) in [6, 6.07) is 15.2. The van der Waals surface area contributed by atoms with Gasteiger partial charge in [-0.15, -0.1) is 0 Å². The summed E-state index contributed by atoms with van der Waals surface area (Å²) in [5.41, 5.74) is 4.47. The number of hydrogen-bond acceptors (Lipinski definition) is 5. The Morgan fingerprint density at radius 1 is 1.03 bits per heavy atom. The van der Waals surface area contributed by atoms with Gasteiger partial charge in [0.2, 0.25) is 5.91 Å². The SMILES string of the molecule is CC(CNC(=O)[C@H](CN(C)C)NC(=O)OCC1c2ccccc2-c2ccccc21)C(=O)O. The van der Waals surface area contributed by atoms with Crippen LogP contribution in [0.3, 0.4) is 0 Å². The van der Waals surface area contributed by atoms with Crippen LogP contribution in [0.1, 0.15) is 24.0 Å². The van der Waals surface area contributed by atoms with Crippen LogP contribution in [0.2, 0.25) is 0 Å². The summed E-state index contributed by atoms with van der Waals surface area (Å²) in [4.78, 5) is 37.8. The van der Waals surface area contributed by atoms with Crippen molar-refractivity contribution in [3.8, 4) is 11.1 Å². The highest BCUT2D eigenvalue weighted by atomic mass is 16.5. The molecule has 170 valence electrons. The van der Waals surface area contributed by atoms with Crippen molar-refractivity contribution in [3.05, 3.63) is 59.7 Å². The monoisotopic (exact) mass is 439 g/mol. The largest absolute Gasteiger partial charge is 0.481 e. The highest BCUT2D eigenvalue weighted by Gasteiger charge is 2.30. The van der Waals surface area contributed by atoms with E-state index in [0.717, 1.165) is 22.3 Å². The van der Waals surface area contributed by atoms with Crippen LogP contribution < -0.4 is 10.6 Å². The maximum absolute atomic E-state index is 12.5. The van der Waals surface area contributed by atoms with Crippen LogP contribution in [-0.2, 0) is 14.3 Å². The van der Waals surface area contributed by atoms with Gasteiger partial charge in [0.05, 0.1) is 5.92 Å². The molecule has 0 spiro atoms. The number of amides is 2. The fraction of sp³-hybridized carbons (Fsp3) is 0.375. The number of likely N-dealkylation sites (N-methyl/N-ethyl adjacent to an activating group) is 1. The second kappa shape index (κ2) is 10.3. The molecule has 2 aromatic rings. The van der Waals surface area contributed by atoms with Crippen molar-refractivity contribution in [2.45, 2.75) is 18.9 Å². The molecule has 3 N–H and O–H groups in total. The van der Waals surface area contributed by atoms with E-state index in [2.05, 4.69) is 22.8 Å². The molecule has 2 aromatic carbocycles. The molecule has 0 aliphatic heterocycles. The fourth-order valence-corrected chi connectivity index (χ4v) is 3.81. The van der Waals surface area contributed by atoms with Gasteiger partial charge in [-0.2, -0.15) is 0 Å². The zero-order valence-electron chi connectivity index (χ0n) is 18.5. The average molecular weight is 440 g/mol. The van der Waals surface area contributed by atoms with E-state index in [9.17, 15) is 14.4 Å². The van der Waals surface area contributed by atoms with E-state index in [1.807, 2.05) is 36.4 Å². The number of hydrogen-bond donors (Lipinski definition) is 3. The predicted octanol–water partition coefficient (Wildman–Crippen LogP) is 2.29. The number of carbonyl (C=O) groups excluding carboxylic acids is 2. The van der Waals surface area contributed by atoms with Crippen molar-refractivity contribution in [1.82, 2.24) is 15.5 Å². The number of aliphatic carboxylic acids is 1. The molecule has 2 amide bonds. The molecule has 1 unspecified atom stereocenters. The summed E-state index contributed by atoms with van der Waals surface area (Å²) in [6.45, 7) is 1.87. The zero-order chi connectivity index (χ0) is 23.3. The van der Waals surface area contributed by atoms with Gasteiger partial charge < -0.3 is 25.4 Å². The number of fused-ring (bicyclic) bond motifs is 3. The van der Waals surface area contributed by atoms with E-state index < -0.39 is 29.9 Å². The normalized spacial score (nSPS) is 14.2. The highest BCUT2D eigenvalue weighted by molar-refractivity contribution is 5.86. The van der Waals surface area contributed by atoms with E-state index in [-0.39, 0.29) is 25.6 Å². The number of carbonyl (C=O) groups is 3. The minimum absolute atomic E-state index is 0.0233. The molecule has 3 rings (SSSR count). The van der Waals surface area contributed by atoms with Crippen LogP contribution in [0.25, 0.3) is 11.1 Å².